The Hall–Kier alpha value is -2.19. The maximum absolute atomic E-state index is 13.6. The summed E-state index contributed by atoms with van der Waals surface area (Å²) in [6.45, 7) is 2.51. The average Bonchev–Trinajstić information content (AvgIpc) is 3.36. The predicted molar refractivity (Wildman–Crippen MR) is 117 cm³/mol. The molecule has 0 radical (unpaired) electrons. The van der Waals surface area contributed by atoms with E-state index in [1.807, 2.05) is 36.6 Å². The van der Waals surface area contributed by atoms with E-state index in [4.69, 9.17) is 9.47 Å². The summed E-state index contributed by atoms with van der Waals surface area (Å²) in [5, 5.41) is 2.39. The molecule has 1 aromatic heterocycles. The molecule has 4 unspecified atom stereocenters. The first kappa shape index (κ1) is 19.8. The van der Waals surface area contributed by atoms with Crippen molar-refractivity contribution in [3.8, 4) is 5.75 Å². The molecule has 0 spiro atoms. The van der Waals surface area contributed by atoms with Gasteiger partial charge < -0.3 is 9.47 Å². The van der Waals surface area contributed by atoms with Crippen LogP contribution in [0.2, 0.25) is 0 Å². The number of Topliss-reactive ketones (excluding diaryl/α,β-unsaturated/α-hetero) is 1. The number of rotatable bonds is 4. The van der Waals surface area contributed by atoms with Gasteiger partial charge >= 0.3 is 0 Å². The van der Waals surface area contributed by atoms with Crippen LogP contribution in [0.5, 0.6) is 5.75 Å². The second-order valence-electron chi connectivity index (χ2n) is 7.67. The van der Waals surface area contributed by atoms with Gasteiger partial charge in [-0.3, -0.25) is 14.5 Å². The van der Waals surface area contributed by atoms with Crippen molar-refractivity contribution < 1.29 is 19.1 Å². The quantitative estimate of drug-likeness (QED) is 0.595. The number of thiazole rings is 1. The summed E-state index contributed by atoms with van der Waals surface area (Å²) < 4.78 is 11.7. The van der Waals surface area contributed by atoms with Crippen molar-refractivity contribution in [3.05, 3.63) is 52.7 Å². The Balaban J connectivity index is 1.59. The van der Waals surface area contributed by atoms with Crippen molar-refractivity contribution in [1.82, 2.24) is 4.98 Å². The van der Waals surface area contributed by atoms with Crippen LogP contribution in [0, 0.1) is 5.92 Å². The second kappa shape index (κ2) is 7.81. The number of amides is 1. The van der Waals surface area contributed by atoms with Gasteiger partial charge in [-0.2, -0.15) is 0 Å². The van der Waals surface area contributed by atoms with Crippen molar-refractivity contribution in [2.45, 2.75) is 43.2 Å². The van der Waals surface area contributed by atoms with Gasteiger partial charge in [0.25, 0.3) is 5.91 Å². The highest BCUT2D eigenvalue weighted by Gasteiger charge is 2.53. The molecule has 6 nitrogen and oxygen atoms in total. The third kappa shape index (κ3) is 3.17. The number of ether oxygens (including phenoxy) is 2. The third-order valence-corrected chi connectivity index (χ3v) is 7.52. The molecule has 3 aliphatic rings. The highest BCUT2D eigenvalue weighted by atomic mass is 79.9. The summed E-state index contributed by atoms with van der Waals surface area (Å²) in [6.07, 6.45) is 3.86. The molecule has 0 N–H and O–H groups in total. The predicted octanol–water partition coefficient (Wildman–Crippen LogP) is 4.42. The first-order valence-electron chi connectivity index (χ1n) is 10.1. The Morgan fingerprint density at radius 1 is 1.27 bits per heavy atom. The zero-order valence-corrected chi connectivity index (χ0v) is 18.8. The van der Waals surface area contributed by atoms with Gasteiger partial charge in [-0.25, -0.2) is 4.98 Å². The monoisotopic (exact) mass is 488 g/mol. The Bertz CT molecular complexity index is 1000. The number of carbonyl (C=O) groups is 2. The van der Waals surface area contributed by atoms with E-state index in [1.54, 1.807) is 11.1 Å². The van der Waals surface area contributed by atoms with E-state index in [2.05, 4.69) is 20.9 Å². The van der Waals surface area contributed by atoms with Crippen molar-refractivity contribution in [3.63, 3.8) is 0 Å². The highest BCUT2D eigenvalue weighted by Crippen LogP contribution is 2.49. The first-order valence-corrected chi connectivity index (χ1v) is 11.9. The number of fused-ring (bicyclic) bond motifs is 1. The van der Waals surface area contributed by atoms with Crippen LogP contribution in [0.25, 0.3) is 0 Å². The summed E-state index contributed by atoms with van der Waals surface area (Å²) in [4.78, 5) is 33.3. The topological polar surface area (TPSA) is 68.7 Å². The number of alkyl halides is 1. The summed E-state index contributed by atoms with van der Waals surface area (Å²) in [7, 11) is 0. The molecule has 1 amide bonds. The van der Waals surface area contributed by atoms with E-state index in [0.717, 1.165) is 30.6 Å². The fourth-order valence-electron chi connectivity index (χ4n) is 4.58. The van der Waals surface area contributed by atoms with Crippen molar-refractivity contribution in [1.29, 1.82) is 0 Å². The lowest BCUT2D eigenvalue weighted by Crippen LogP contribution is -2.41. The molecule has 30 heavy (non-hydrogen) atoms. The number of hydrogen-bond donors (Lipinski definition) is 0. The molecule has 2 aliphatic heterocycles. The van der Waals surface area contributed by atoms with E-state index < -0.39 is 6.04 Å². The molecule has 8 heteroatoms. The minimum Gasteiger partial charge on any atom is -0.494 e. The van der Waals surface area contributed by atoms with Crippen LogP contribution in [0.15, 0.2) is 47.2 Å². The molecule has 156 valence electrons. The minimum atomic E-state index is -0.543. The fraction of sp³-hybridized carbons (Fsp3) is 0.409. The molecule has 1 saturated carbocycles. The summed E-state index contributed by atoms with van der Waals surface area (Å²) in [5.41, 5.74) is 1.30. The number of aromatic nitrogens is 1. The lowest BCUT2D eigenvalue weighted by molar-refractivity contribution is -0.131. The molecular weight excluding hydrogens is 468 g/mol. The van der Waals surface area contributed by atoms with Gasteiger partial charge in [0.2, 0.25) is 0 Å². The Morgan fingerprint density at radius 2 is 2.07 bits per heavy atom. The fourth-order valence-corrected chi connectivity index (χ4v) is 5.91. The van der Waals surface area contributed by atoms with Gasteiger partial charge in [-0.15, -0.1) is 11.3 Å². The third-order valence-electron chi connectivity index (χ3n) is 5.92. The summed E-state index contributed by atoms with van der Waals surface area (Å²) in [6, 6.07) is 7.01. The molecule has 0 saturated heterocycles. The number of nitrogens with zero attached hydrogens (tertiary/aromatic N) is 2. The van der Waals surface area contributed by atoms with Gasteiger partial charge in [0, 0.05) is 16.4 Å². The van der Waals surface area contributed by atoms with Crippen molar-refractivity contribution in [2.24, 2.45) is 5.92 Å². The lowest BCUT2D eigenvalue weighted by atomic mass is 9.77. The number of halogens is 1. The molecule has 4 atom stereocenters. The Labute approximate surface area is 187 Å². The van der Waals surface area contributed by atoms with Crippen LogP contribution in [0.4, 0.5) is 5.13 Å². The number of anilines is 1. The largest absolute Gasteiger partial charge is 0.494 e. The second-order valence-corrected chi connectivity index (χ2v) is 9.84. The Kier molecular flexibility index (Phi) is 5.14. The van der Waals surface area contributed by atoms with Crippen LogP contribution >= 0.6 is 27.3 Å². The molecule has 3 heterocycles. The number of ketones is 1. The van der Waals surface area contributed by atoms with Crippen LogP contribution in [-0.4, -0.2) is 34.2 Å². The van der Waals surface area contributed by atoms with Gasteiger partial charge in [0.15, 0.2) is 16.7 Å². The standard InChI is InChI=1S/C22H21BrN2O4S/c1-2-28-14-6-3-12(4-7-14)18-17-19(26)15-11-13(23)5-8-16(15)29-20(17)21(27)25(18)22-24-9-10-30-22/h3-4,6-7,9-10,13,15-16,18H,2,5,8,11H2,1H3. The van der Waals surface area contributed by atoms with Gasteiger partial charge in [0.05, 0.1) is 24.1 Å². The zero-order valence-electron chi connectivity index (χ0n) is 16.4. The molecule has 1 aromatic carbocycles. The number of carbonyl (C=O) groups excluding carboxylic acids is 2. The normalized spacial score (nSPS) is 28.3. The van der Waals surface area contributed by atoms with Crippen molar-refractivity contribution >= 4 is 44.1 Å². The van der Waals surface area contributed by atoms with E-state index in [9.17, 15) is 9.59 Å². The van der Waals surface area contributed by atoms with Crippen LogP contribution < -0.4 is 9.64 Å². The zero-order chi connectivity index (χ0) is 20.8. The molecule has 2 aromatic rings. The van der Waals surface area contributed by atoms with E-state index in [-0.39, 0.29) is 29.5 Å². The van der Waals surface area contributed by atoms with Gasteiger partial charge in [-0.1, -0.05) is 28.1 Å². The summed E-state index contributed by atoms with van der Waals surface area (Å²) in [5.74, 6) is 0.462. The van der Waals surface area contributed by atoms with Crippen LogP contribution in [0.1, 0.15) is 37.8 Å². The Morgan fingerprint density at radius 3 is 2.77 bits per heavy atom. The number of benzene rings is 1. The van der Waals surface area contributed by atoms with Crippen LogP contribution in [0.3, 0.4) is 0 Å². The van der Waals surface area contributed by atoms with Crippen LogP contribution in [-0.2, 0) is 14.3 Å². The average molecular weight is 489 g/mol. The number of hydrogen-bond acceptors (Lipinski definition) is 6. The van der Waals surface area contributed by atoms with Crippen molar-refractivity contribution in [2.75, 3.05) is 11.5 Å². The highest BCUT2D eigenvalue weighted by molar-refractivity contribution is 9.09. The SMILES string of the molecule is CCOc1ccc(C2C3=C(OC4CCC(Br)CC4C3=O)C(=O)N2c2nccs2)cc1. The summed E-state index contributed by atoms with van der Waals surface area (Å²) >= 11 is 5.04. The minimum absolute atomic E-state index is 0.0247. The maximum Gasteiger partial charge on any atom is 0.296 e. The van der Waals surface area contributed by atoms with E-state index in [0.29, 0.717) is 22.1 Å². The molecule has 1 aliphatic carbocycles. The smallest absolute Gasteiger partial charge is 0.296 e. The molecular formula is C22H21BrN2O4S. The van der Waals surface area contributed by atoms with E-state index in [1.165, 1.54) is 11.3 Å². The molecule has 1 fully saturated rings. The first-order chi connectivity index (χ1) is 14.6. The maximum atomic E-state index is 13.6. The van der Waals surface area contributed by atoms with Gasteiger partial charge in [-0.05, 0) is 43.9 Å². The molecule has 0 bridgehead atoms. The lowest BCUT2D eigenvalue weighted by Gasteiger charge is -2.37. The van der Waals surface area contributed by atoms with Gasteiger partial charge in [0.1, 0.15) is 11.9 Å². The molecule has 5 rings (SSSR count). The van der Waals surface area contributed by atoms with E-state index >= 15 is 0 Å².